The van der Waals surface area contributed by atoms with Gasteiger partial charge in [0.15, 0.2) is 0 Å². The molecule has 2 aromatic rings. The lowest BCUT2D eigenvalue weighted by atomic mass is 10.1. The van der Waals surface area contributed by atoms with Crippen LogP contribution in [0, 0.1) is 11.8 Å². The van der Waals surface area contributed by atoms with Crippen LogP contribution in [0.5, 0.6) is 0 Å². The summed E-state index contributed by atoms with van der Waals surface area (Å²) in [6, 6.07) is 8.05. The molecule has 0 aliphatic carbocycles. The molecule has 1 aliphatic heterocycles. The van der Waals surface area contributed by atoms with E-state index in [4.69, 9.17) is 9.72 Å². The summed E-state index contributed by atoms with van der Waals surface area (Å²) in [4.78, 5) is 19.9. The van der Waals surface area contributed by atoms with E-state index in [2.05, 4.69) is 32.3 Å². The van der Waals surface area contributed by atoms with Gasteiger partial charge in [0.2, 0.25) is 5.91 Å². The lowest BCUT2D eigenvalue weighted by Crippen LogP contribution is -2.39. The van der Waals surface area contributed by atoms with Crippen LogP contribution in [0.15, 0.2) is 24.3 Å². The monoisotopic (exact) mass is 357 g/mol. The van der Waals surface area contributed by atoms with Crippen LogP contribution in [0.3, 0.4) is 0 Å². The quantitative estimate of drug-likeness (QED) is 0.752. The summed E-state index contributed by atoms with van der Waals surface area (Å²) >= 11 is 0. The molecule has 0 spiro atoms. The van der Waals surface area contributed by atoms with Gasteiger partial charge in [0, 0.05) is 19.7 Å². The summed E-state index contributed by atoms with van der Waals surface area (Å²) in [5.41, 5.74) is 1.95. The Morgan fingerprint density at radius 3 is 2.54 bits per heavy atom. The van der Waals surface area contributed by atoms with Gasteiger partial charge in [-0.25, -0.2) is 4.98 Å². The van der Waals surface area contributed by atoms with Crippen LogP contribution in [0.25, 0.3) is 11.0 Å². The number of rotatable bonds is 7. The van der Waals surface area contributed by atoms with E-state index in [0.29, 0.717) is 18.4 Å². The normalized spacial score (nSPS) is 17.5. The van der Waals surface area contributed by atoms with Crippen molar-refractivity contribution in [3.05, 3.63) is 30.1 Å². The van der Waals surface area contributed by atoms with Crippen LogP contribution in [0.2, 0.25) is 0 Å². The van der Waals surface area contributed by atoms with Crippen LogP contribution >= 0.6 is 0 Å². The SMILES string of the molecule is CC(C)CN(CC(C)C)C(=O)Cn1c(C2CCCO2)nc2ccccc21. The fourth-order valence-electron chi connectivity index (χ4n) is 3.68. The van der Waals surface area contributed by atoms with Gasteiger partial charge in [0.25, 0.3) is 0 Å². The Morgan fingerprint density at radius 1 is 1.23 bits per heavy atom. The average molecular weight is 357 g/mol. The first kappa shape index (κ1) is 18.9. The van der Waals surface area contributed by atoms with Gasteiger partial charge in [-0.2, -0.15) is 0 Å². The smallest absolute Gasteiger partial charge is 0.242 e. The van der Waals surface area contributed by atoms with Gasteiger partial charge >= 0.3 is 0 Å². The highest BCUT2D eigenvalue weighted by Crippen LogP contribution is 2.30. The van der Waals surface area contributed by atoms with E-state index in [1.165, 1.54) is 0 Å². The van der Waals surface area contributed by atoms with Gasteiger partial charge in [0.1, 0.15) is 18.5 Å². The van der Waals surface area contributed by atoms with Gasteiger partial charge < -0.3 is 14.2 Å². The van der Waals surface area contributed by atoms with Gasteiger partial charge in [-0.15, -0.1) is 0 Å². The molecule has 3 rings (SSSR count). The van der Waals surface area contributed by atoms with Gasteiger partial charge in [-0.05, 0) is 36.8 Å². The summed E-state index contributed by atoms with van der Waals surface area (Å²) in [6.07, 6.45) is 2.02. The standard InChI is InChI=1S/C21H31N3O2/c1-15(2)12-23(13-16(3)4)20(25)14-24-18-9-6-5-8-17(18)22-21(24)19-10-7-11-26-19/h5-6,8-9,15-16,19H,7,10-14H2,1-4H3. The van der Waals surface area contributed by atoms with Crippen LogP contribution in [-0.2, 0) is 16.1 Å². The molecule has 26 heavy (non-hydrogen) atoms. The Labute approximate surface area is 156 Å². The maximum absolute atomic E-state index is 13.1. The van der Waals surface area contributed by atoms with Gasteiger partial charge in [-0.3, -0.25) is 4.79 Å². The van der Waals surface area contributed by atoms with E-state index in [0.717, 1.165) is 49.4 Å². The molecule has 5 nitrogen and oxygen atoms in total. The van der Waals surface area contributed by atoms with Crippen molar-refractivity contribution in [2.75, 3.05) is 19.7 Å². The molecule has 0 saturated carbocycles. The molecule has 0 N–H and O–H groups in total. The van der Waals surface area contributed by atoms with Gasteiger partial charge in [-0.1, -0.05) is 39.8 Å². The molecule has 1 fully saturated rings. The van der Waals surface area contributed by atoms with E-state index >= 15 is 0 Å². The fourth-order valence-corrected chi connectivity index (χ4v) is 3.68. The Hall–Kier alpha value is -1.88. The molecule has 5 heteroatoms. The Balaban J connectivity index is 1.90. The van der Waals surface area contributed by atoms with E-state index in [-0.39, 0.29) is 12.0 Å². The van der Waals surface area contributed by atoms with E-state index < -0.39 is 0 Å². The third-order valence-corrected chi connectivity index (χ3v) is 4.72. The van der Waals surface area contributed by atoms with Crippen molar-refractivity contribution in [2.24, 2.45) is 11.8 Å². The zero-order valence-electron chi connectivity index (χ0n) is 16.4. The first-order valence-corrected chi connectivity index (χ1v) is 9.80. The van der Waals surface area contributed by atoms with Crippen molar-refractivity contribution in [3.8, 4) is 0 Å². The molecule has 1 aliphatic rings. The number of ether oxygens (including phenoxy) is 1. The lowest BCUT2D eigenvalue weighted by Gasteiger charge is -2.27. The number of amides is 1. The van der Waals surface area contributed by atoms with Crippen molar-refractivity contribution in [2.45, 2.75) is 53.2 Å². The number of carbonyl (C=O) groups is 1. The largest absolute Gasteiger partial charge is 0.370 e. The Kier molecular flexibility index (Phi) is 5.97. The van der Waals surface area contributed by atoms with Crippen LogP contribution in [0.4, 0.5) is 0 Å². The topological polar surface area (TPSA) is 47.4 Å². The van der Waals surface area contributed by atoms with Crippen molar-refractivity contribution in [1.82, 2.24) is 14.5 Å². The number of aromatic nitrogens is 2. The van der Waals surface area contributed by atoms with Crippen molar-refractivity contribution < 1.29 is 9.53 Å². The van der Waals surface area contributed by atoms with Crippen LogP contribution in [0.1, 0.15) is 52.5 Å². The summed E-state index contributed by atoms with van der Waals surface area (Å²) in [6.45, 7) is 11.3. The second-order valence-electron chi connectivity index (χ2n) is 8.13. The lowest BCUT2D eigenvalue weighted by molar-refractivity contribution is -0.133. The second kappa shape index (κ2) is 8.21. The average Bonchev–Trinajstić information content (AvgIpc) is 3.21. The predicted molar refractivity (Wildman–Crippen MR) is 104 cm³/mol. The number of hydrogen-bond donors (Lipinski definition) is 0. The van der Waals surface area contributed by atoms with Crippen LogP contribution in [-0.4, -0.2) is 40.1 Å². The number of nitrogens with zero attached hydrogens (tertiary/aromatic N) is 3. The molecule has 1 unspecified atom stereocenters. The number of fused-ring (bicyclic) bond motifs is 1. The molecule has 1 saturated heterocycles. The molecule has 1 atom stereocenters. The molecule has 0 bridgehead atoms. The molecule has 2 heterocycles. The minimum Gasteiger partial charge on any atom is -0.370 e. The molecule has 1 aromatic carbocycles. The highest BCUT2D eigenvalue weighted by molar-refractivity contribution is 5.81. The molecule has 142 valence electrons. The molecule has 0 radical (unpaired) electrons. The maximum Gasteiger partial charge on any atom is 0.242 e. The molecule has 1 aromatic heterocycles. The third-order valence-electron chi connectivity index (χ3n) is 4.72. The second-order valence-corrected chi connectivity index (χ2v) is 8.13. The summed E-state index contributed by atoms with van der Waals surface area (Å²) < 4.78 is 7.94. The predicted octanol–water partition coefficient (Wildman–Crippen LogP) is 4.03. The first-order valence-electron chi connectivity index (χ1n) is 9.80. The summed E-state index contributed by atoms with van der Waals surface area (Å²) in [5, 5.41) is 0. The first-order chi connectivity index (χ1) is 12.5. The number of hydrogen-bond acceptors (Lipinski definition) is 3. The Morgan fingerprint density at radius 2 is 1.92 bits per heavy atom. The summed E-state index contributed by atoms with van der Waals surface area (Å²) in [7, 11) is 0. The minimum atomic E-state index is -0.00107. The molecule has 1 amide bonds. The number of carbonyl (C=O) groups excluding carboxylic acids is 1. The molecular weight excluding hydrogens is 326 g/mol. The van der Waals surface area contributed by atoms with Gasteiger partial charge in [0.05, 0.1) is 11.0 Å². The zero-order valence-corrected chi connectivity index (χ0v) is 16.4. The number of para-hydroxylation sites is 2. The van der Waals surface area contributed by atoms with E-state index in [1.807, 2.05) is 29.2 Å². The van der Waals surface area contributed by atoms with E-state index in [1.54, 1.807) is 0 Å². The summed E-state index contributed by atoms with van der Waals surface area (Å²) in [5.74, 6) is 1.96. The fraction of sp³-hybridized carbons (Fsp3) is 0.619. The van der Waals surface area contributed by atoms with Crippen molar-refractivity contribution in [1.29, 1.82) is 0 Å². The highest BCUT2D eigenvalue weighted by atomic mass is 16.5. The maximum atomic E-state index is 13.1. The van der Waals surface area contributed by atoms with E-state index in [9.17, 15) is 4.79 Å². The minimum absolute atomic E-state index is 0.00107. The van der Waals surface area contributed by atoms with Crippen LogP contribution < -0.4 is 0 Å². The van der Waals surface area contributed by atoms with Crippen molar-refractivity contribution in [3.63, 3.8) is 0 Å². The van der Waals surface area contributed by atoms with Crippen molar-refractivity contribution >= 4 is 16.9 Å². The molecular formula is C21H31N3O2. The highest BCUT2D eigenvalue weighted by Gasteiger charge is 2.26. The number of imidazole rings is 1. The third kappa shape index (κ3) is 4.26. The zero-order chi connectivity index (χ0) is 18.7. The Bertz CT molecular complexity index is 735. The number of benzene rings is 1.